The van der Waals surface area contributed by atoms with Gasteiger partial charge in [-0.1, -0.05) is 0 Å². The van der Waals surface area contributed by atoms with Gasteiger partial charge < -0.3 is 14.6 Å². The molecule has 0 radical (unpaired) electrons. The Kier molecular flexibility index (Phi) is 2.03. The van der Waals surface area contributed by atoms with Gasteiger partial charge in [-0.25, -0.2) is 4.79 Å². The Labute approximate surface area is 82.5 Å². The van der Waals surface area contributed by atoms with Crippen molar-refractivity contribution in [1.82, 2.24) is 0 Å². The summed E-state index contributed by atoms with van der Waals surface area (Å²) >= 11 is 0. The fourth-order valence-corrected chi connectivity index (χ4v) is 1.83. The van der Waals surface area contributed by atoms with Gasteiger partial charge in [0.05, 0.1) is 5.57 Å². The molecule has 0 aromatic carbocycles. The van der Waals surface area contributed by atoms with Crippen LogP contribution in [0.4, 0.5) is 0 Å². The Bertz CT molecular complexity index is 303. The van der Waals surface area contributed by atoms with E-state index in [-0.39, 0.29) is 5.97 Å². The maximum Gasteiger partial charge on any atom is 0.340 e. The van der Waals surface area contributed by atoms with Crippen molar-refractivity contribution >= 4 is 5.97 Å². The summed E-state index contributed by atoms with van der Waals surface area (Å²) in [5, 5.41) is 9.66. The molecule has 0 saturated heterocycles. The molecule has 1 aliphatic heterocycles. The van der Waals surface area contributed by atoms with Crippen molar-refractivity contribution in [2.45, 2.75) is 45.0 Å². The number of esters is 1. The third-order valence-corrected chi connectivity index (χ3v) is 2.45. The van der Waals surface area contributed by atoms with Gasteiger partial charge in [0.15, 0.2) is 0 Å². The third-order valence-electron chi connectivity index (χ3n) is 2.45. The molecule has 0 fully saturated rings. The van der Waals surface area contributed by atoms with Crippen LogP contribution < -0.4 is 0 Å². The Balaban J connectivity index is 2.36. The highest BCUT2D eigenvalue weighted by Gasteiger charge is 2.39. The van der Waals surface area contributed by atoms with Crippen molar-refractivity contribution in [3.05, 3.63) is 11.3 Å². The first kappa shape index (κ1) is 9.52. The molecule has 0 amide bonds. The zero-order valence-corrected chi connectivity index (χ0v) is 8.37. The summed E-state index contributed by atoms with van der Waals surface area (Å²) in [5.41, 5.74) is 0.503. The average molecular weight is 198 g/mol. The van der Waals surface area contributed by atoms with Crippen molar-refractivity contribution in [2.75, 3.05) is 0 Å². The van der Waals surface area contributed by atoms with Crippen molar-refractivity contribution < 1.29 is 19.4 Å². The molecule has 4 nitrogen and oxygen atoms in total. The van der Waals surface area contributed by atoms with E-state index in [1.54, 1.807) is 13.8 Å². The molecule has 1 heterocycles. The summed E-state index contributed by atoms with van der Waals surface area (Å²) in [6.07, 6.45) is 1.45. The van der Waals surface area contributed by atoms with E-state index in [9.17, 15) is 9.90 Å². The fraction of sp³-hybridized carbons (Fsp3) is 0.700. The molecule has 0 aromatic heterocycles. The summed E-state index contributed by atoms with van der Waals surface area (Å²) in [6.45, 7) is 3.33. The Morgan fingerprint density at radius 3 is 2.86 bits per heavy atom. The van der Waals surface area contributed by atoms with Gasteiger partial charge in [0, 0.05) is 13.8 Å². The smallest absolute Gasteiger partial charge is 0.340 e. The van der Waals surface area contributed by atoms with Crippen LogP contribution in [0.25, 0.3) is 0 Å². The maximum absolute atomic E-state index is 11.5. The number of carbonyl (C=O) groups excluding carboxylic acids is 1. The normalized spacial score (nSPS) is 30.5. The second-order valence-corrected chi connectivity index (χ2v) is 4.14. The van der Waals surface area contributed by atoms with E-state index < -0.39 is 11.9 Å². The standard InChI is InChI=1S/C10H14O4/c1-10(2)13-8-6(9(12)14-10)4-3-5-7(8)11/h7,11H,3-5H2,1-2H3. The second kappa shape index (κ2) is 2.98. The highest BCUT2D eigenvalue weighted by Crippen LogP contribution is 2.35. The van der Waals surface area contributed by atoms with Crippen molar-refractivity contribution in [2.24, 2.45) is 0 Å². The molecule has 14 heavy (non-hydrogen) atoms. The molecule has 1 aliphatic carbocycles. The van der Waals surface area contributed by atoms with E-state index in [1.165, 1.54) is 0 Å². The first-order valence-corrected chi connectivity index (χ1v) is 4.83. The lowest BCUT2D eigenvalue weighted by Crippen LogP contribution is -2.41. The van der Waals surface area contributed by atoms with E-state index >= 15 is 0 Å². The summed E-state index contributed by atoms with van der Waals surface area (Å²) in [7, 11) is 0. The molecule has 1 unspecified atom stereocenters. The highest BCUT2D eigenvalue weighted by molar-refractivity contribution is 5.90. The predicted octanol–water partition coefficient (Wildman–Crippen LogP) is 1.09. The van der Waals surface area contributed by atoms with Crippen LogP contribution in [0.3, 0.4) is 0 Å². The van der Waals surface area contributed by atoms with Gasteiger partial charge in [-0.2, -0.15) is 0 Å². The third kappa shape index (κ3) is 1.50. The number of aliphatic hydroxyl groups is 1. The molecule has 0 spiro atoms. The molecule has 4 heteroatoms. The molecular formula is C10H14O4. The topological polar surface area (TPSA) is 55.8 Å². The Hall–Kier alpha value is -1.03. The molecule has 2 rings (SSSR count). The number of hydrogen-bond donors (Lipinski definition) is 1. The lowest BCUT2D eigenvalue weighted by Gasteiger charge is -2.36. The van der Waals surface area contributed by atoms with Crippen LogP contribution in [0, 0.1) is 0 Å². The number of rotatable bonds is 0. The summed E-state index contributed by atoms with van der Waals surface area (Å²) in [6, 6.07) is 0. The van der Waals surface area contributed by atoms with E-state index in [4.69, 9.17) is 9.47 Å². The molecule has 0 saturated carbocycles. The lowest BCUT2D eigenvalue weighted by atomic mass is 9.94. The predicted molar refractivity (Wildman–Crippen MR) is 48.1 cm³/mol. The van der Waals surface area contributed by atoms with Crippen molar-refractivity contribution in [1.29, 1.82) is 0 Å². The van der Waals surface area contributed by atoms with Crippen molar-refractivity contribution in [3.63, 3.8) is 0 Å². The van der Waals surface area contributed by atoms with E-state index in [0.717, 1.165) is 6.42 Å². The number of carbonyl (C=O) groups is 1. The molecule has 78 valence electrons. The number of hydrogen-bond acceptors (Lipinski definition) is 4. The maximum atomic E-state index is 11.5. The van der Waals surface area contributed by atoms with Gasteiger partial charge in [0.2, 0.25) is 5.79 Å². The minimum absolute atomic E-state index is 0.352. The first-order valence-electron chi connectivity index (χ1n) is 4.83. The zero-order valence-electron chi connectivity index (χ0n) is 8.37. The highest BCUT2D eigenvalue weighted by atomic mass is 16.7. The fourth-order valence-electron chi connectivity index (χ4n) is 1.83. The van der Waals surface area contributed by atoms with Crippen LogP contribution in [0.15, 0.2) is 11.3 Å². The minimum atomic E-state index is -0.950. The van der Waals surface area contributed by atoms with Crippen LogP contribution in [-0.2, 0) is 14.3 Å². The molecule has 0 bridgehead atoms. The molecule has 2 aliphatic rings. The number of ether oxygens (including phenoxy) is 2. The van der Waals surface area contributed by atoms with Crippen LogP contribution in [0.2, 0.25) is 0 Å². The van der Waals surface area contributed by atoms with Gasteiger partial charge in [0.25, 0.3) is 0 Å². The lowest BCUT2D eigenvalue weighted by molar-refractivity contribution is -0.215. The zero-order chi connectivity index (χ0) is 10.3. The monoisotopic (exact) mass is 198 g/mol. The Morgan fingerprint density at radius 1 is 1.43 bits per heavy atom. The Morgan fingerprint density at radius 2 is 2.14 bits per heavy atom. The van der Waals surface area contributed by atoms with Gasteiger partial charge in [-0.05, 0) is 19.3 Å². The summed E-state index contributed by atoms with van der Waals surface area (Å²) < 4.78 is 10.5. The molecular weight excluding hydrogens is 184 g/mol. The van der Waals surface area contributed by atoms with Crippen molar-refractivity contribution in [3.8, 4) is 0 Å². The van der Waals surface area contributed by atoms with Gasteiger partial charge in [-0.15, -0.1) is 0 Å². The first-order chi connectivity index (χ1) is 6.49. The summed E-state index contributed by atoms with van der Waals surface area (Å²) in [4.78, 5) is 11.5. The largest absolute Gasteiger partial charge is 0.454 e. The van der Waals surface area contributed by atoms with Crippen LogP contribution in [-0.4, -0.2) is 23.0 Å². The SMILES string of the molecule is CC1(C)OC(=O)C2=C(O1)C(O)CCC2. The number of aliphatic hydroxyl groups excluding tert-OH is 1. The van der Waals surface area contributed by atoms with E-state index in [2.05, 4.69) is 0 Å². The van der Waals surface area contributed by atoms with Crippen LogP contribution >= 0.6 is 0 Å². The average Bonchev–Trinajstić information content (AvgIpc) is 2.05. The molecule has 0 aromatic rings. The van der Waals surface area contributed by atoms with Gasteiger partial charge in [0.1, 0.15) is 11.9 Å². The van der Waals surface area contributed by atoms with Gasteiger partial charge >= 0.3 is 5.97 Å². The second-order valence-electron chi connectivity index (χ2n) is 4.14. The number of cyclic esters (lactones) is 1. The van der Waals surface area contributed by atoms with E-state index in [0.29, 0.717) is 24.2 Å². The minimum Gasteiger partial charge on any atom is -0.454 e. The quantitative estimate of drug-likeness (QED) is 0.592. The van der Waals surface area contributed by atoms with E-state index in [1.807, 2.05) is 0 Å². The summed E-state index contributed by atoms with van der Waals surface area (Å²) in [5.74, 6) is -0.888. The van der Waals surface area contributed by atoms with Crippen LogP contribution in [0.5, 0.6) is 0 Å². The molecule has 1 atom stereocenters. The van der Waals surface area contributed by atoms with Gasteiger partial charge in [-0.3, -0.25) is 0 Å². The molecule has 1 N–H and O–H groups in total. The van der Waals surface area contributed by atoms with Crippen LogP contribution in [0.1, 0.15) is 33.1 Å².